The molecule has 1 saturated heterocycles. The SMILES string of the molecule is COc1ccc(C2(C(=O)N[C@@H](c3nc4ccccc4n3C(C)C)C(C)C)CCOCC2)cc1. The van der Waals surface area contributed by atoms with Crippen LogP contribution in [-0.2, 0) is 14.9 Å². The van der Waals surface area contributed by atoms with E-state index >= 15 is 0 Å². The standard InChI is InChI=1S/C27H35N3O3/c1-18(2)24(25-28-22-8-6-7-9-23(22)30(25)19(3)4)29-26(31)27(14-16-33-17-15-27)20-10-12-21(32-5)13-11-20/h6-13,18-19,24H,14-17H2,1-5H3,(H,29,31)/t24-/m1/s1. The molecule has 0 saturated carbocycles. The van der Waals surface area contributed by atoms with Crippen molar-refractivity contribution in [2.24, 2.45) is 5.92 Å². The summed E-state index contributed by atoms with van der Waals surface area (Å²) in [5.41, 5.74) is 2.42. The summed E-state index contributed by atoms with van der Waals surface area (Å²) in [5, 5.41) is 3.42. The fourth-order valence-corrected chi connectivity index (χ4v) is 4.91. The molecule has 1 aromatic heterocycles. The number of methoxy groups -OCH3 is 1. The third kappa shape index (κ3) is 4.36. The van der Waals surface area contributed by atoms with Gasteiger partial charge in [0.2, 0.25) is 5.91 Å². The van der Waals surface area contributed by atoms with Gasteiger partial charge in [-0.25, -0.2) is 4.98 Å². The van der Waals surface area contributed by atoms with E-state index in [4.69, 9.17) is 14.5 Å². The van der Waals surface area contributed by atoms with Crippen molar-refractivity contribution in [3.8, 4) is 5.75 Å². The van der Waals surface area contributed by atoms with Crippen molar-refractivity contribution in [2.45, 2.75) is 58.0 Å². The van der Waals surface area contributed by atoms with Gasteiger partial charge in [-0.3, -0.25) is 4.79 Å². The molecular formula is C27H35N3O3. The van der Waals surface area contributed by atoms with Crippen LogP contribution < -0.4 is 10.1 Å². The van der Waals surface area contributed by atoms with Crippen LogP contribution >= 0.6 is 0 Å². The van der Waals surface area contributed by atoms with E-state index in [1.807, 2.05) is 42.5 Å². The Kier molecular flexibility index (Phi) is 6.75. The molecule has 1 aliphatic rings. The maximum Gasteiger partial charge on any atom is 0.231 e. The lowest BCUT2D eigenvalue weighted by Gasteiger charge is -2.38. The normalized spacial score (nSPS) is 16.8. The Morgan fingerprint density at radius 1 is 1.06 bits per heavy atom. The quantitative estimate of drug-likeness (QED) is 0.539. The number of benzene rings is 2. The van der Waals surface area contributed by atoms with Gasteiger partial charge in [0.25, 0.3) is 0 Å². The number of amides is 1. The number of carbonyl (C=O) groups is 1. The first-order chi connectivity index (χ1) is 15.9. The highest BCUT2D eigenvalue weighted by Gasteiger charge is 2.43. The lowest BCUT2D eigenvalue weighted by Crippen LogP contribution is -2.50. The Balaban J connectivity index is 1.73. The van der Waals surface area contributed by atoms with Gasteiger partial charge in [-0.2, -0.15) is 0 Å². The molecule has 1 amide bonds. The van der Waals surface area contributed by atoms with E-state index in [1.54, 1.807) is 7.11 Å². The summed E-state index contributed by atoms with van der Waals surface area (Å²) in [6.45, 7) is 9.73. The van der Waals surface area contributed by atoms with Crippen LogP contribution in [0.1, 0.15) is 64.0 Å². The molecule has 1 N–H and O–H groups in total. The van der Waals surface area contributed by atoms with Crippen LogP contribution in [-0.4, -0.2) is 35.8 Å². The number of carbonyl (C=O) groups excluding carboxylic acids is 1. The Morgan fingerprint density at radius 3 is 2.33 bits per heavy atom. The van der Waals surface area contributed by atoms with E-state index in [-0.39, 0.29) is 23.9 Å². The highest BCUT2D eigenvalue weighted by atomic mass is 16.5. The predicted octanol–water partition coefficient (Wildman–Crippen LogP) is 5.19. The van der Waals surface area contributed by atoms with Gasteiger partial charge in [-0.05, 0) is 62.4 Å². The molecule has 0 aliphatic carbocycles. The number of rotatable bonds is 7. The van der Waals surface area contributed by atoms with Crippen LogP contribution in [0, 0.1) is 5.92 Å². The van der Waals surface area contributed by atoms with Crippen molar-refractivity contribution in [3.05, 3.63) is 59.9 Å². The first-order valence-corrected chi connectivity index (χ1v) is 11.9. The Morgan fingerprint density at radius 2 is 1.73 bits per heavy atom. The summed E-state index contributed by atoms with van der Waals surface area (Å²) < 4.78 is 13.2. The van der Waals surface area contributed by atoms with E-state index < -0.39 is 5.41 Å². The minimum Gasteiger partial charge on any atom is -0.497 e. The van der Waals surface area contributed by atoms with Crippen LogP contribution in [0.5, 0.6) is 5.75 Å². The van der Waals surface area contributed by atoms with Crippen LogP contribution in [0.15, 0.2) is 48.5 Å². The summed E-state index contributed by atoms with van der Waals surface area (Å²) in [6.07, 6.45) is 1.30. The fourth-order valence-electron chi connectivity index (χ4n) is 4.91. The molecule has 2 heterocycles. The second-order valence-electron chi connectivity index (χ2n) is 9.54. The van der Waals surface area contributed by atoms with Crippen LogP contribution in [0.4, 0.5) is 0 Å². The lowest BCUT2D eigenvalue weighted by atomic mass is 9.73. The third-order valence-corrected chi connectivity index (χ3v) is 6.79. The van der Waals surface area contributed by atoms with Crippen molar-refractivity contribution < 1.29 is 14.3 Å². The van der Waals surface area contributed by atoms with Gasteiger partial charge in [0, 0.05) is 19.3 Å². The summed E-state index contributed by atoms with van der Waals surface area (Å²) in [4.78, 5) is 19.0. The Labute approximate surface area is 196 Å². The molecular weight excluding hydrogens is 414 g/mol. The molecule has 1 aliphatic heterocycles. The first-order valence-electron chi connectivity index (χ1n) is 11.9. The zero-order valence-corrected chi connectivity index (χ0v) is 20.3. The molecule has 0 bridgehead atoms. The second-order valence-corrected chi connectivity index (χ2v) is 9.54. The number of para-hydroxylation sites is 2. The molecule has 33 heavy (non-hydrogen) atoms. The summed E-state index contributed by atoms with van der Waals surface area (Å²) in [5.74, 6) is 1.91. The smallest absolute Gasteiger partial charge is 0.231 e. The minimum absolute atomic E-state index is 0.0389. The van der Waals surface area contributed by atoms with E-state index in [0.717, 1.165) is 28.2 Å². The van der Waals surface area contributed by atoms with Crippen molar-refractivity contribution in [2.75, 3.05) is 20.3 Å². The number of nitrogens with one attached hydrogen (secondary N) is 1. The van der Waals surface area contributed by atoms with Gasteiger partial charge < -0.3 is 19.4 Å². The van der Waals surface area contributed by atoms with Gasteiger partial charge >= 0.3 is 0 Å². The molecule has 0 spiro atoms. The van der Waals surface area contributed by atoms with Gasteiger partial charge in [0.15, 0.2) is 0 Å². The monoisotopic (exact) mass is 449 g/mol. The van der Waals surface area contributed by atoms with Gasteiger partial charge in [-0.15, -0.1) is 0 Å². The molecule has 3 aromatic rings. The predicted molar refractivity (Wildman–Crippen MR) is 131 cm³/mol. The van der Waals surface area contributed by atoms with Crippen LogP contribution in [0.2, 0.25) is 0 Å². The Bertz CT molecular complexity index is 1100. The molecule has 0 unspecified atom stereocenters. The highest BCUT2D eigenvalue weighted by Crippen LogP contribution is 2.38. The van der Waals surface area contributed by atoms with Crippen molar-refractivity contribution in [1.82, 2.24) is 14.9 Å². The van der Waals surface area contributed by atoms with Crippen LogP contribution in [0.25, 0.3) is 11.0 Å². The lowest BCUT2D eigenvalue weighted by molar-refractivity contribution is -0.131. The number of fused-ring (bicyclic) bond motifs is 1. The summed E-state index contributed by atoms with van der Waals surface area (Å²) in [6, 6.07) is 16.1. The maximum atomic E-state index is 14.0. The average Bonchev–Trinajstić information content (AvgIpc) is 3.22. The number of hydrogen-bond donors (Lipinski definition) is 1. The highest BCUT2D eigenvalue weighted by molar-refractivity contribution is 5.89. The number of nitrogens with zero attached hydrogens (tertiary/aromatic N) is 2. The van der Waals surface area contributed by atoms with E-state index in [2.05, 4.69) is 43.6 Å². The number of imidazole rings is 1. The molecule has 4 rings (SSSR count). The zero-order valence-electron chi connectivity index (χ0n) is 20.3. The van der Waals surface area contributed by atoms with Crippen LogP contribution in [0.3, 0.4) is 0 Å². The molecule has 0 radical (unpaired) electrons. The first kappa shape index (κ1) is 23.3. The van der Waals surface area contributed by atoms with Gasteiger partial charge in [-0.1, -0.05) is 38.1 Å². The second kappa shape index (κ2) is 9.56. The van der Waals surface area contributed by atoms with Crippen molar-refractivity contribution in [1.29, 1.82) is 0 Å². The van der Waals surface area contributed by atoms with E-state index in [9.17, 15) is 4.79 Å². The molecule has 6 heteroatoms. The minimum atomic E-state index is -0.633. The maximum absolute atomic E-state index is 14.0. The zero-order chi connectivity index (χ0) is 23.6. The van der Waals surface area contributed by atoms with Gasteiger partial charge in [0.1, 0.15) is 11.6 Å². The molecule has 1 fully saturated rings. The molecule has 6 nitrogen and oxygen atoms in total. The average molecular weight is 450 g/mol. The molecule has 2 aromatic carbocycles. The number of ether oxygens (including phenoxy) is 2. The summed E-state index contributed by atoms with van der Waals surface area (Å²) in [7, 11) is 1.65. The fraction of sp³-hybridized carbons (Fsp3) is 0.481. The van der Waals surface area contributed by atoms with Crippen molar-refractivity contribution >= 4 is 16.9 Å². The van der Waals surface area contributed by atoms with Gasteiger partial charge in [0.05, 0.1) is 29.6 Å². The molecule has 176 valence electrons. The molecule has 1 atom stereocenters. The number of hydrogen-bond acceptors (Lipinski definition) is 4. The largest absolute Gasteiger partial charge is 0.497 e. The number of aromatic nitrogens is 2. The van der Waals surface area contributed by atoms with E-state index in [0.29, 0.717) is 26.1 Å². The Hall–Kier alpha value is -2.86. The van der Waals surface area contributed by atoms with Crippen molar-refractivity contribution in [3.63, 3.8) is 0 Å². The summed E-state index contributed by atoms with van der Waals surface area (Å²) >= 11 is 0. The topological polar surface area (TPSA) is 65.4 Å². The van der Waals surface area contributed by atoms with E-state index in [1.165, 1.54) is 0 Å². The third-order valence-electron chi connectivity index (χ3n) is 6.79.